The fourth-order valence-corrected chi connectivity index (χ4v) is 3.14. The van der Waals surface area contributed by atoms with Gasteiger partial charge in [0.15, 0.2) is 0 Å². The van der Waals surface area contributed by atoms with Crippen molar-refractivity contribution in [3.63, 3.8) is 0 Å². The number of nitrogens with one attached hydrogen (secondary N) is 2. The highest BCUT2D eigenvalue weighted by molar-refractivity contribution is 5.73. The van der Waals surface area contributed by atoms with Crippen LogP contribution in [0, 0.1) is 0 Å². The van der Waals surface area contributed by atoms with E-state index in [2.05, 4.69) is 60.0 Å². The van der Waals surface area contributed by atoms with E-state index in [1.165, 1.54) is 5.56 Å². The van der Waals surface area contributed by atoms with Crippen molar-refractivity contribution in [1.82, 2.24) is 15.5 Å². The summed E-state index contributed by atoms with van der Waals surface area (Å²) in [5, 5.41) is 5.87. The SMILES string of the molecule is CN(C)[C@]1(Cc2ccccc2)CCCCNC(=O)NCC1. The zero-order chi connectivity index (χ0) is 15.1. The Hall–Kier alpha value is -1.55. The van der Waals surface area contributed by atoms with Crippen LogP contribution in [-0.4, -0.2) is 43.7 Å². The number of hydrogen-bond donors (Lipinski definition) is 2. The first-order valence-electron chi connectivity index (χ1n) is 7.85. The first kappa shape index (κ1) is 15.8. The average molecular weight is 289 g/mol. The third kappa shape index (κ3) is 4.46. The first-order chi connectivity index (χ1) is 10.1. The van der Waals surface area contributed by atoms with Crippen molar-refractivity contribution in [2.75, 3.05) is 27.2 Å². The molecular weight excluding hydrogens is 262 g/mol. The van der Waals surface area contributed by atoms with E-state index >= 15 is 0 Å². The van der Waals surface area contributed by atoms with Gasteiger partial charge in [-0.25, -0.2) is 4.79 Å². The number of likely N-dealkylation sites (N-methyl/N-ethyl adjacent to an activating group) is 1. The van der Waals surface area contributed by atoms with Gasteiger partial charge in [0.05, 0.1) is 0 Å². The summed E-state index contributed by atoms with van der Waals surface area (Å²) in [5.74, 6) is 0. The molecule has 1 aromatic carbocycles. The van der Waals surface area contributed by atoms with E-state index in [0.717, 1.165) is 45.2 Å². The third-order valence-electron chi connectivity index (χ3n) is 4.56. The molecular formula is C17H27N3O. The van der Waals surface area contributed by atoms with Crippen LogP contribution in [0.15, 0.2) is 30.3 Å². The van der Waals surface area contributed by atoms with Crippen molar-refractivity contribution in [2.45, 2.75) is 37.6 Å². The van der Waals surface area contributed by atoms with Crippen molar-refractivity contribution in [2.24, 2.45) is 0 Å². The van der Waals surface area contributed by atoms with Crippen molar-refractivity contribution in [3.05, 3.63) is 35.9 Å². The second-order valence-electron chi connectivity index (χ2n) is 6.17. The molecule has 2 N–H and O–H groups in total. The molecule has 0 spiro atoms. The zero-order valence-electron chi connectivity index (χ0n) is 13.2. The van der Waals surface area contributed by atoms with Crippen LogP contribution < -0.4 is 10.6 Å². The Morgan fingerprint density at radius 2 is 1.76 bits per heavy atom. The highest BCUT2D eigenvalue weighted by Crippen LogP contribution is 2.29. The molecule has 1 fully saturated rings. The Morgan fingerprint density at radius 1 is 1.05 bits per heavy atom. The lowest BCUT2D eigenvalue weighted by molar-refractivity contribution is 0.121. The lowest BCUT2D eigenvalue weighted by Gasteiger charge is -2.41. The van der Waals surface area contributed by atoms with Crippen LogP contribution in [0.25, 0.3) is 0 Å². The van der Waals surface area contributed by atoms with Gasteiger partial charge in [0, 0.05) is 18.6 Å². The van der Waals surface area contributed by atoms with E-state index in [1.54, 1.807) is 0 Å². The molecule has 2 rings (SSSR count). The maximum Gasteiger partial charge on any atom is 0.314 e. The number of carbonyl (C=O) groups is 1. The smallest absolute Gasteiger partial charge is 0.314 e. The fraction of sp³-hybridized carbons (Fsp3) is 0.588. The molecule has 0 radical (unpaired) electrons. The standard InChI is InChI=1S/C17H27N3O/c1-20(2)17(14-15-8-4-3-5-9-15)10-6-7-12-18-16(21)19-13-11-17/h3-5,8-9H,6-7,10-14H2,1-2H3,(H2,18,19,21)/t17-/m1/s1. The molecule has 0 aromatic heterocycles. The number of hydrogen-bond acceptors (Lipinski definition) is 2. The van der Waals surface area contributed by atoms with Gasteiger partial charge in [-0.15, -0.1) is 0 Å². The van der Waals surface area contributed by atoms with Crippen molar-refractivity contribution in [3.8, 4) is 0 Å². The fourth-order valence-electron chi connectivity index (χ4n) is 3.14. The van der Waals surface area contributed by atoms with Crippen LogP contribution >= 0.6 is 0 Å². The summed E-state index contributed by atoms with van der Waals surface area (Å²) in [7, 11) is 4.32. The van der Waals surface area contributed by atoms with Crippen LogP contribution in [0.2, 0.25) is 0 Å². The normalized spacial score (nSPS) is 24.2. The number of rotatable bonds is 3. The maximum atomic E-state index is 11.6. The van der Waals surface area contributed by atoms with Crippen LogP contribution in [0.5, 0.6) is 0 Å². The number of urea groups is 1. The first-order valence-corrected chi connectivity index (χ1v) is 7.85. The molecule has 0 saturated carbocycles. The number of amides is 2. The molecule has 21 heavy (non-hydrogen) atoms. The second-order valence-corrected chi connectivity index (χ2v) is 6.17. The maximum absolute atomic E-state index is 11.6. The predicted octanol–water partition coefficient (Wildman–Crippen LogP) is 2.40. The van der Waals surface area contributed by atoms with Gasteiger partial charge in [0.1, 0.15) is 0 Å². The topological polar surface area (TPSA) is 44.4 Å². The number of benzene rings is 1. The average Bonchev–Trinajstić information content (AvgIpc) is 2.47. The molecule has 1 saturated heterocycles. The minimum absolute atomic E-state index is 0.0377. The molecule has 1 heterocycles. The molecule has 0 aliphatic carbocycles. The van der Waals surface area contributed by atoms with Gasteiger partial charge in [-0.3, -0.25) is 0 Å². The monoisotopic (exact) mass is 289 g/mol. The van der Waals surface area contributed by atoms with Gasteiger partial charge in [-0.2, -0.15) is 0 Å². The molecule has 1 aromatic rings. The van der Waals surface area contributed by atoms with Gasteiger partial charge >= 0.3 is 6.03 Å². The van der Waals surface area contributed by atoms with Gasteiger partial charge in [0.2, 0.25) is 0 Å². The third-order valence-corrected chi connectivity index (χ3v) is 4.56. The highest BCUT2D eigenvalue weighted by atomic mass is 16.2. The summed E-state index contributed by atoms with van der Waals surface area (Å²) in [6.07, 6.45) is 5.35. The molecule has 1 atom stereocenters. The largest absolute Gasteiger partial charge is 0.338 e. The Morgan fingerprint density at radius 3 is 2.48 bits per heavy atom. The minimum Gasteiger partial charge on any atom is -0.338 e. The van der Waals surface area contributed by atoms with Gasteiger partial charge in [-0.1, -0.05) is 30.3 Å². The molecule has 2 amide bonds. The molecule has 0 bridgehead atoms. The van der Waals surface area contributed by atoms with Gasteiger partial charge in [0.25, 0.3) is 0 Å². The Bertz CT molecular complexity index is 447. The van der Waals surface area contributed by atoms with Gasteiger partial charge in [-0.05, 0) is 51.8 Å². The summed E-state index contributed by atoms with van der Waals surface area (Å²) >= 11 is 0. The van der Waals surface area contributed by atoms with Crippen LogP contribution in [0.3, 0.4) is 0 Å². The summed E-state index contributed by atoms with van der Waals surface area (Å²) < 4.78 is 0. The molecule has 116 valence electrons. The van der Waals surface area contributed by atoms with Crippen LogP contribution in [0.4, 0.5) is 4.79 Å². The lowest BCUT2D eigenvalue weighted by atomic mass is 9.81. The van der Waals surface area contributed by atoms with Crippen molar-refractivity contribution in [1.29, 1.82) is 0 Å². The molecule has 4 heteroatoms. The van der Waals surface area contributed by atoms with E-state index in [0.29, 0.717) is 0 Å². The van der Waals surface area contributed by atoms with Crippen molar-refractivity contribution < 1.29 is 4.79 Å². The lowest BCUT2D eigenvalue weighted by Crippen LogP contribution is -2.50. The Balaban J connectivity index is 2.14. The van der Waals surface area contributed by atoms with E-state index < -0.39 is 0 Å². The Kier molecular flexibility index (Phi) is 5.62. The quantitative estimate of drug-likeness (QED) is 0.897. The predicted molar refractivity (Wildman–Crippen MR) is 86.4 cm³/mol. The Labute approximate surface area is 127 Å². The zero-order valence-corrected chi connectivity index (χ0v) is 13.2. The summed E-state index contributed by atoms with van der Waals surface area (Å²) in [6, 6.07) is 10.6. The number of nitrogens with zero attached hydrogens (tertiary/aromatic N) is 1. The molecule has 1 aliphatic rings. The van der Waals surface area contributed by atoms with Crippen LogP contribution in [0.1, 0.15) is 31.2 Å². The highest BCUT2D eigenvalue weighted by Gasteiger charge is 2.32. The van der Waals surface area contributed by atoms with E-state index in [1.807, 2.05) is 0 Å². The number of carbonyl (C=O) groups excluding carboxylic acids is 1. The summed E-state index contributed by atoms with van der Waals surface area (Å²) in [6.45, 7) is 1.48. The van der Waals surface area contributed by atoms with E-state index in [9.17, 15) is 4.79 Å². The molecule has 1 aliphatic heterocycles. The molecule has 0 unspecified atom stereocenters. The van der Waals surface area contributed by atoms with Crippen molar-refractivity contribution >= 4 is 6.03 Å². The molecule has 4 nitrogen and oxygen atoms in total. The van der Waals surface area contributed by atoms with E-state index in [4.69, 9.17) is 0 Å². The summed E-state index contributed by atoms with van der Waals surface area (Å²) in [5.41, 5.74) is 1.49. The minimum atomic E-state index is -0.0377. The van der Waals surface area contributed by atoms with Crippen LogP contribution in [-0.2, 0) is 6.42 Å². The van der Waals surface area contributed by atoms with Gasteiger partial charge < -0.3 is 15.5 Å². The second kappa shape index (κ2) is 7.46. The van der Waals surface area contributed by atoms with E-state index in [-0.39, 0.29) is 11.6 Å². The summed E-state index contributed by atoms with van der Waals surface area (Å²) in [4.78, 5) is 14.0.